The molecule has 142 valence electrons. The molecule has 7 heteroatoms. The number of aliphatic carboxylic acids is 1. The van der Waals surface area contributed by atoms with Crippen molar-refractivity contribution in [1.82, 2.24) is 4.90 Å². The molecule has 0 unspecified atom stereocenters. The fourth-order valence-corrected chi connectivity index (χ4v) is 4.02. The van der Waals surface area contributed by atoms with Crippen LogP contribution in [0.3, 0.4) is 0 Å². The predicted octanol–water partition coefficient (Wildman–Crippen LogP) is 4.28. The van der Waals surface area contributed by atoms with Gasteiger partial charge in [-0.1, -0.05) is 79.1 Å². The van der Waals surface area contributed by atoms with Crippen LogP contribution >= 0.6 is 24.0 Å². The summed E-state index contributed by atoms with van der Waals surface area (Å²) in [5.74, 6) is -0.856. The lowest BCUT2D eigenvalue weighted by Gasteiger charge is -2.23. The second-order valence-electron chi connectivity index (χ2n) is 5.87. The molecule has 0 saturated carbocycles. The molecule has 2 aromatic carbocycles. The number of carboxylic acid groups (broad SMARTS) is 1. The molecule has 0 aromatic heterocycles. The van der Waals surface area contributed by atoms with E-state index in [1.807, 2.05) is 12.1 Å². The van der Waals surface area contributed by atoms with Gasteiger partial charge in [0, 0.05) is 0 Å². The van der Waals surface area contributed by atoms with E-state index < -0.39 is 17.9 Å². The summed E-state index contributed by atoms with van der Waals surface area (Å²) < 4.78 is 5.66. The highest BCUT2D eigenvalue weighted by Gasteiger charge is 2.41. The van der Waals surface area contributed by atoms with E-state index in [2.05, 4.69) is 6.58 Å². The number of carbonyl (C=O) groups excluding carboxylic acids is 1. The minimum atomic E-state index is -1.16. The number of thioether (sulfide) groups is 1. The van der Waals surface area contributed by atoms with Gasteiger partial charge < -0.3 is 9.84 Å². The topological polar surface area (TPSA) is 66.8 Å². The number of thiocarbonyl (C=S) groups is 1. The van der Waals surface area contributed by atoms with Gasteiger partial charge in [-0.25, -0.2) is 4.79 Å². The number of carboxylic acids is 1. The molecule has 2 aromatic rings. The highest BCUT2D eigenvalue weighted by atomic mass is 32.2. The van der Waals surface area contributed by atoms with Gasteiger partial charge in [0.05, 0.1) is 4.91 Å². The van der Waals surface area contributed by atoms with Gasteiger partial charge >= 0.3 is 5.97 Å². The number of hydrogen-bond donors (Lipinski definition) is 1. The lowest BCUT2D eigenvalue weighted by Crippen LogP contribution is -2.37. The Labute approximate surface area is 172 Å². The third kappa shape index (κ3) is 4.32. The van der Waals surface area contributed by atoms with Crippen LogP contribution < -0.4 is 4.74 Å². The fourth-order valence-electron chi connectivity index (χ4n) is 2.71. The second-order valence-corrected chi connectivity index (χ2v) is 7.55. The summed E-state index contributed by atoms with van der Waals surface area (Å²) in [4.78, 5) is 26.3. The number of rotatable bonds is 7. The van der Waals surface area contributed by atoms with E-state index in [0.29, 0.717) is 22.8 Å². The van der Waals surface area contributed by atoms with Gasteiger partial charge in [0.1, 0.15) is 16.7 Å². The third-order valence-corrected chi connectivity index (χ3v) is 5.31. The molecule has 1 heterocycles. The summed E-state index contributed by atoms with van der Waals surface area (Å²) in [6, 6.07) is 14.6. The molecular weight excluding hydrogens is 394 g/mol. The van der Waals surface area contributed by atoms with Crippen molar-refractivity contribution >= 4 is 46.3 Å². The monoisotopic (exact) mass is 411 g/mol. The molecule has 28 heavy (non-hydrogen) atoms. The Kier molecular flexibility index (Phi) is 6.28. The zero-order valence-corrected chi connectivity index (χ0v) is 16.4. The van der Waals surface area contributed by atoms with Crippen molar-refractivity contribution in [2.45, 2.75) is 6.04 Å². The molecule has 1 N–H and O–H groups in total. The van der Waals surface area contributed by atoms with Crippen LogP contribution in [0.25, 0.3) is 6.08 Å². The summed E-state index contributed by atoms with van der Waals surface area (Å²) in [6.07, 6.45) is 3.35. The van der Waals surface area contributed by atoms with E-state index in [1.54, 1.807) is 54.6 Å². The number of nitrogens with zero attached hydrogens (tertiary/aromatic N) is 1. The minimum Gasteiger partial charge on any atom is -0.490 e. The highest BCUT2D eigenvalue weighted by Crippen LogP contribution is 2.38. The maximum atomic E-state index is 12.9. The number of hydrogen-bond acceptors (Lipinski definition) is 5. The van der Waals surface area contributed by atoms with Gasteiger partial charge in [0.2, 0.25) is 0 Å². The van der Waals surface area contributed by atoms with Gasteiger partial charge in [0.25, 0.3) is 5.91 Å². The van der Waals surface area contributed by atoms with Crippen LogP contribution in [0.15, 0.2) is 72.2 Å². The van der Waals surface area contributed by atoms with Crippen molar-refractivity contribution in [2.24, 2.45) is 0 Å². The smallest absolute Gasteiger partial charge is 0.331 e. The molecule has 0 aliphatic carbocycles. The first-order chi connectivity index (χ1) is 13.5. The maximum absolute atomic E-state index is 12.9. The average molecular weight is 412 g/mol. The standard InChI is InChI=1S/C21H17NO4S2/c1-2-12-26-16-10-8-14(9-11-16)13-17-19(23)22(21(27)28-17)18(20(24)25)15-6-4-3-5-7-15/h2-11,13,18H,1,12H2,(H,24,25)/b17-13-/t18-/m1/s1. The van der Waals surface area contributed by atoms with Crippen LogP contribution in [0.5, 0.6) is 5.75 Å². The van der Waals surface area contributed by atoms with E-state index in [1.165, 1.54) is 0 Å². The highest BCUT2D eigenvalue weighted by molar-refractivity contribution is 8.26. The lowest BCUT2D eigenvalue weighted by molar-refractivity contribution is -0.145. The molecule has 1 amide bonds. The lowest BCUT2D eigenvalue weighted by atomic mass is 10.1. The molecule has 0 radical (unpaired) electrons. The molecule has 1 fully saturated rings. The zero-order valence-electron chi connectivity index (χ0n) is 14.8. The van der Waals surface area contributed by atoms with Crippen LogP contribution in [0.1, 0.15) is 17.2 Å². The third-order valence-electron chi connectivity index (χ3n) is 3.98. The SMILES string of the molecule is C=CCOc1ccc(/C=C2\SC(=S)N([C@@H](C(=O)O)c3ccccc3)C2=O)cc1. The second kappa shape index (κ2) is 8.86. The van der Waals surface area contributed by atoms with Crippen LogP contribution in [-0.4, -0.2) is 32.8 Å². The predicted molar refractivity (Wildman–Crippen MR) is 114 cm³/mol. The maximum Gasteiger partial charge on any atom is 0.331 e. The summed E-state index contributed by atoms with van der Waals surface area (Å²) >= 11 is 6.41. The molecule has 0 spiro atoms. The fraction of sp³-hybridized carbons (Fsp3) is 0.0952. The van der Waals surface area contributed by atoms with Gasteiger partial charge in [-0.15, -0.1) is 0 Å². The summed E-state index contributed by atoms with van der Waals surface area (Å²) in [5, 5.41) is 9.70. The van der Waals surface area contributed by atoms with E-state index in [-0.39, 0.29) is 4.32 Å². The van der Waals surface area contributed by atoms with Crippen molar-refractivity contribution in [2.75, 3.05) is 6.61 Å². The Bertz CT molecular complexity index is 939. The van der Waals surface area contributed by atoms with Gasteiger partial charge in [-0.3, -0.25) is 9.69 Å². The van der Waals surface area contributed by atoms with E-state index in [0.717, 1.165) is 22.2 Å². The van der Waals surface area contributed by atoms with Crippen molar-refractivity contribution < 1.29 is 19.4 Å². The van der Waals surface area contributed by atoms with Crippen molar-refractivity contribution in [1.29, 1.82) is 0 Å². The molecular formula is C21H17NO4S2. The van der Waals surface area contributed by atoms with Crippen molar-refractivity contribution in [3.8, 4) is 5.75 Å². The Balaban J connectivity index is 1.85. The minimum absolute atomic E-state index is 0.221. The van der Waals surface area contributed by atoms with Crippen LogP contribution in [0.2, 0.25) is 0 Å². The molecule has 1 aliphatic rings. The van der Waals surface area contributed by atoms with Gasteiger partial charge in [0.15, 0.2) is 6.04 Å². The van der Waals surface area contributed by atoms with Crippen LogP contribution in [-0.2, 0) is 9.59 Å². The molecule has 3 rings (SSSR count). The van der Waals surface area contributed by atoms with E-state index in [4.69, 9.17) is 17.0 Å². The number of carbonyl (C=O) groups is 2. The van der Waals surface area contributed by atoms with Gasteiger partial charge in [-0.05, 0) is 29.3 Å². The number of benzene rings is 2. The van der Waals surface area contributed by atoms with E-state index >= 15 is 0 Å². The number of amides is 1. The largest absolute Gasteiger partial charge is 0.490 e. The van der Waals surface area contributed by atoms with Crippen molar-refractivity contribution in [3.63, 3.8) is 0 Å². The zero-order chi connectivity index (χ0) is 20.1. The molecule has 1 aliphatic heterocycles. The normalized spacial score (nSPS) is 16.3. The molecule has 1 saturated heterocycles. The molecule has 5 nitrogen and oxygen atoms in total. The molecule has 0 bridgehead atoms. The summed E-state index contributed by atoms with van der Waals surface area (Å²) in [7, 11) is 0. The Morgan fingerprint density at radius 2 is 1.89 bits per heavy atom. The first kappa shape index (κ1) is 19.9. The average Bonchev–Trinajstić information content (AvgIpc) is 2.96. The summed E-state index contributed by atoms with van der Waals surface area (Å²) in [5.41, 5.74) is 1.29. The Morgan fingerprint density at radius 1 is 1.21 bits per heavy atom. The first-order valence-corrected chi connectivity index (χ1v) is 9.62. The van der Waals surface area contributed by atoms with Crippen LogP contribution in [0, 0.1) is 0 Å². The van der Waals surface area contributed by atoms with Crippen LogP contribution in [0.4, 0.5) is 0 Å². The van der Waals surface area contributed by atoms with Gasteiger partial charge in [-0.2, -0.15) is 0 Å². The Hall–Kier alpha value is -2.90. The first-order valence-electron chi connectivity index (χ1n) is 8.40. The number of ether oxygens (including phenoxy) is 1. The van der Waals surface area contributed by atoms with Crippen molar-refractivity contribution in [3.05, 3.63) is 83.3 Å². The van der Waals surface area contributed by atoms with E-state index in [9.17, 15) is 14.7 Å². The Morgan fingerprint density at radius 3 is 2.50 bits per heavy atom. The molecule has 1 atom stereocenters. The summed E-state index contributed by atoms with van der Waals surface area (Å²) in [6.45, 7) is 4.01. The quantitative estimate of drug-likeness (QED) is 0.417.